The van der Waals surface area contributed by atoms with Gasteiger partial charge in [-0.2, -0.15) is 0 Å². The van der Waals surface area contributed by atoms with Crippen molar-refractivity contribution in [2.75, 3.05) is 6.54 Å². The lowest BCUT2D eigenvalue weighted by Crippen LogP contribution is -2.59. The third-order valence-corrected chi connectivity index (χ3v) is 10.5. The van der Waals surface area contributed by atoms with Crippen molar-refractivity contribution in [2.24, 2.45) is 17.3 Å². The lowest BCUT2D eigenvalue weighted by molar-refractivity contribution is -0.145. The lowest BCUT2D eigenvalue weighted by atomic mass is 9.81. The van der Waals surface area contributed by atoms with Crippen LogP contribution in [0, 0.1) is 17.3 Å². The number of benzene rings is 1. The molecule has 4 aliphatic rings. The molecule has 1 aromatic carbocycles. The van der Waals surface area contributed by atoms with Crippen molar-refractivity contribution < 1.29 is 28.8 Å². The third-order valence-electron chi connectivity index (χ3n) is 10.2. The summed E-state index contributed by atoms with van der Waals surface area (Å²) < 4.78 is 0. The van der Waals surface area contributed by atoms with Crippen LogP contribution in [0.4, 0.5) is 0 Å². The van der Waals surface area contributed by atoms with E-state index in [2.05, 4.69) is 28.4 Å². The van der Waals surface area contributed by atoms with Gasteiger partial charge in [-0.15, -0.1) is 0 Å². The summed E-state index contributed by atoms with van der Waals surface area (Å²) in [4.78, 5) is 75.6. The maximum Gasteiger partial charge on any atom is 0.289 e. The van der Waals surface area contributed by atoms with E-state index < -0.39 is 52.6 Å². The first kappa shape index (κ1) is 36.8. The predicted molar refractivity (Wildman–Crippen MR) is 187 cm³/mol. The normalized spacial score (nSPS) is 26.4. The highest BCUT2D eigenvalue weighted by Gasteiger charge is 2.54. The molecule has 0 aromatic heterocycles. The second-order valence-electron chi connectivity index (χ2n) is 15.7. The minimum absolute atomic E-state index is 0.00376. The first-order chi connectivity index (χ1) is 23.2. The molecule has 268 valence electrons. The molecule has 4 atom stereocenters. The summed E-state index contributed by atoms with van der Waals surface area (Å²) >= 11 is 6.25. The molecule has 5 rings (SSSR count). The fourth-order valence-corrected chi connectivity index (χ4v) is 7.31. The number of nitrogens with zero attached hydrogens (tertiary/aromatic N) is 1. The van der Waals surface area contributed by atoms with Gasteiger partial charge >= 0.3 is 0 Å². The Bertz CT molecular complexity index is 1460. The summed E-state index contributed by atoms with van der Waals surface area (Å²) in [6, 6.07) is 4.25. The fourth-order valence-electron chi connectivity index (χ4n) is 7.12. The standard InChI is InChI=1S/C37H52ClN5O6/c1-6-8-27(31(45)34(47)39-26-15-16-26)40-33(46)29-20-37(19-28(42-49-37)24-9-7-10-25(38)18-24)21-43(29)35(48)32(36(3,4)5)41-30(44)17-23-13-11-22(2)12-14-23/h7,9-10,18-19,22-23,26-27,29,32,42H,6,8,11-17,20-21H2,1-5H3,(H,39,47)(H,40,46)(H,41,44)/t22?,23?,27-,29-,32+,37+/m0/s1. The van der Waals surface area contributed by atoms with E-state index in [4.69, 9.17) is 16.4 Å². The number of hydroxylamine groups is 1. The summed E-state index contributed by atoms with van der Waals surface area (Å²) in [5.74, 6) is -1.62. The lowest BCUT2D eigenvalue weighted by Gasteiger charge is -2.36. The highest BCUT2D eigenvalue weighted by molar-refractivity contribution is 6.38. The molecule has 4 amide bonds. The number of ketones is 1. The van der Waals surface area contributed by atoms with Crippen LogP contribution in [-0.4, -0.2) is 70.6 Å². The van der Waals surface area contributed by atoms with E-state index in [1.807, 2.05) is 45.9 Å². The number of rotatable bonds is 12. The number of nitrogens with one attached hydrogen (secondary N) is 4. The molecule has 3 fully saturated rings. The molecule has 0 radical (unpaired) electrons. The zero-order chi connectivity index (χ0) is 35.5. The van der Waals surface area contributed by atoms with Crippen LogP contribution in [0.5, 0.6) is 0 Å². The number of halogens is 1. The Kier molecular flexibility index (Phi) is 11.4. The zero-order valence-corrected chi connectivity index (χ0v) is 30.2. The first-order valence-electron chi connectivity index (χ1n) is 17.9. The van der Waals surface area contributed by atoms with Gasteiger partial charge in [0.05, 0.1) is 18.3 Å². The van der Waals surface area contributed by atoms with Crippen LogP contribution in [0.15, 0.2) is 30.3 Å². The number of carbonyl (C=O) groups is 5. The molecule has 2 aliphatic heterocycles. The van der Waals surface area contributed by atoms with Gasteiger partial charge in [-0.05, 0) is 67.6 Å². The van der Waals surface area contributed by atoms with Crippen LogP contribution in [0.3, 0.4) is 0 Å². The van der Waals surface area contributed by atoms with Crippen LogP contribution in [-0.2, 0) is 28.8 Å². The first-order valence-corrected chi connectivity index (χ1v) is 18.2. The Hall–Kier alpha value is -3.44. The maximum absolute atomic E-state index is 14.6. The Morgan fingerprint density at radius 3 is 2.41 bits per heavy atom. The van der Waals surface area contributed by atoms with E-state index in [9.17, 15) is 24.0 Å². The van der Waals surface area contributed by atoms with Crippen molar-refractivity contribution in [3.05, 3.63) is 40.9 Å². The molecule has 1 saturated heterocycles. The number of hydrogen-bond donors (Lipinski definition) is 4. The molecule has 0 bridgehead atoms. The minimum atomic E-state index is -1.08. The van der Waals surface area contributed by atoms with Crippen LogP contribution < -0.4 is 21.4 Å². The quantitative estimate of drug-likeness (QED) is 0.237. The highest BCUT2D eigenvalue weighted by Crippen LogP contribution is 2.39. The van der Waals surface area contributed by atoms with E-state index >= 15 is 0 Å². The summed E-state index contributed by atoms with van der Waals surface area (Å²) in [6.45, 7) is 9.80. The summed E-state index contributed by atoms with van der Waals surface area (Å²) in [6.07, 6.45) is 8.94. The van der Waals surface area contributed by atoms with Crippen LogP contribution in [0.1, 0.15) is 104 Å². The number of Topliss-reactive ketones (excluding diaryl/α,β-unsaturated/α-hetero) is 1. The minimum Gasteiger partial charge on any atom is -0.347 e. The number of carbonyl (C=O) groups excluding carboxylic acids is 5. The van der Waals surface area contributed by atoms with E-state index in [1.54, 1.807) is 12.1 Å². The van der Waals surface area contributed by atoms with Crippen LogP contribution in [0.25, 0.3) is 5.70 Å². The van der Waals surface area contributed by atoms with Gasteiger partial charge in [-0.3, -0.25) is 34.3 Å². The van der Waals surface area contributed by atoms with Gasteiger partial charge in [0.2, 0.25) is 23.5 Å². The third kappa shape index (κ3) is 9.22. The van der Waals surface area contributed by atoms with E-state index in [0.29, 0.717) is 29.5 Å². The summed E-state index contributed by atoms with van der Waals surface area (Å²) in [5, 5.41) is 9.11. The van der Waals surface area contributed by atoms with Crippen molar-refractivity contribution in [2.45, 2.75) is 129 Å². The molecule has 11 nitrogen and oxygen atoms in total. The van der Waals surface area contributed by atoms with Gasteiger partial charge < -0.3 is 20.9 Å². The molecule has 2 aliphatic carbocycles. The number of likely N-dealkylation sites (tertiary alicyclic amines) is 1. The van der Waals surface area contributed by atoms with Crippen molar-refractivity contribution in [1.82, 2.24) is 26.3 Å². The Morgan fingerprint density at radius 1 is 1.06 bits per heavy atom. The molecular weight excluding hydrogens is 646 g/mol. The summed E-state index contributed by atoms with van der Waals surface area (Å²) in [7, 11) is 0. The highest BCUT2D eigenvalue weighted by atomic mass is 35.5. The topological polar surface area (TPSA) is 146 Å². The smallest absolute Gasteiger partial charge is 0.289 e. The number of amides is 4. The Labute approximate surface area is 294 Å². The predicted octanol–water partition coefficient (Wildman–Crippen LogP) is 4.44. The van der Waals surface area contributed by atoms with E-state index in [0.717, 1.165) is 44.1 Å². The van der Waals surface area contributed by atoms with Gasteiger partial charge in [0.1, 0.15) is 17.7 Å². The molecule has 2 saturated carbocycles. The van der Waals surface area contributed by atoms with Gasteiger partial charge in [0, 0.05) is 29.5 Å². The van der Waals surface area contributed by atoms with E-state index in [-0.39, 0.29) is 37.3 Å². The molecule has 1 spiro atoms. The largest absolute Gasteiger partial charge is 0.347 e. The van der Waals surface area contributed by atoms with Crippen molar-refractivity contribution in [3.63, 3.8) is 0 Å². The summed E-state index contributed by atoms with van der Waals surface area (Å²) in [5.41, 5.74) is 2.64. The Balaban J connectivity index is 1.40. The molecular formula is C37H52ClN5O6. The van der Waals surface area contributed by atoms with Crippen LogP contribution >= 0.6 is 11.6 Å². The van der Waals surface area contributed by atoms with Gasteiger partial charge in [-0.1, -0.05) is 77.6 Å². The van der Waals surface area contributed by atoms with E-state index in [1.165, 1.54) is 4.90 Å². The fraction of sp³-hybridized carbons (Fsp3) is 0.649. The number of hydrogen-bond acceptors (Lipinski definition) is 7. The SMILES string of the molecule is CCC[C@H](NC(=O)[C@@H]1C[C@]2(C=C(c3cccc(Cl)c3)NO2)CN1C(=O)[C@@H](NC(=O)CC1CCC(C)CC1)C(C)(C)C)C(=O)C(=O)NC1CC1. The van der Waals surface area contributed by atoms with Crippen molar-refractivity contribution in [1.29, 1.82) is 0 Å². The molecule has 4 N–H and O–H groups in total. The second kappa shape index (κ2) is 15.2. The van der Waals surface area contributed by atoms with Gasteiger partial charge in [-0.25, -0.2) is 0 Å². The zero-order valence-electron chi connectivity index (χ0n) is 29.4. The van der Waals surface area contributed by atoms with Crippen LogP contribution in [0.2, 0.25) is 5.02 Å². The second-order valence-corrected chi connectivity index (χ2v) is 16.1. The monoisotopic (exact) mass is 697 g/mol. The Morgan fingerprint density at radius 2 is 1.78 bits per heavy atom. The molecule has 12 heteroatoms. The molecule has 0 unspecified atom stereocenters. The van der Waals surface area contributed by atoms with Crippen molar-refractivity contribution in [3.8, 4) is 0 Å². The van der Waals surface area contributed by atoms with Gasteiger partial charge in [0.25, 0.3) is 5.91 Å². The molecule has 49 heavy (non-hydrogen) atoms. The maximum atomic E-state index is 14.6. The van der Waals surface area contributed by atoms with Gasteiger partial charge in [0.15, 0.2) is 0 Å². The average molecular weight is 698 g/mol. The molecule has 2 heterocycles. The van der Waals surface area contributed by atoms with Crippen molar-refractivity contribution >= 4 is 46.7 Å². The average Bonchev–Trinajstić information content (AvgIpc) is 3.64. The molecule has 1 aromatic rings.